The molecule has 1 aromatic heterocycles. The summed E-state index contributed by atoms with van der Waals surface area (Å²) in [5.74, 6) is 0. The molecule has 2 atom stereocenters. The zero-order valence-electron chi connectivity index (χ0n) is 10.6. The van der Waals surface area contributed by atoms with Gasteiger partial charge in [0.1, 0.15) is 0 Å². The van der Waals surface area contributed by atoms with Gasteiger partial charge in [-0.3, -0.25) is 0 Å². The highest BCUT2D eigenvalue weighted by Crippen LogP contribution is 2.25. The summed E-state index contributed by atoms with van der Waals surface area (Å²) in [4.78, 5) is 4.34. The van der Waals surface area contributed by atoms with Crippen molar-refractivity contribution < 1.29 is 5.11 Å². The van der Waals surface area contributed by atoms with Crippen LogP contribution in [0.2, 0.25) is 0 Å². The van der Waals surface area contributed by atoms with Crippen LogP contribution in [-0.4, -0.2) is 27.2 Å². The van der Waals surface area contributed by atoms with Crippen LogP contribution in [0.3, 0.4) is 0 Å². The van der Waals surface area contributed by atoms with E-state index in [1.807, 2.05) is 29.8 Å². The number of nitrogens with one attached hydrogen (secondary N) is 1. The van der Waals surface area contributed by atoms with E-state index in [2.05, 4.69) is 10.3 Å². The molecule has 0 bridgehead atoms. The summed E-state index contributed by atoms with van der Waals surface area (Å²) in [6, 6.07) is 6.21. The van der Waals surface area contributed by atoms with Crippen molar-refractivity contribution in [3.8, 4) is 0 Å². The Labute approximate surface area is 107 Å². The van der Waals surface area contributed by atoms with E-state index in [-0.39, 0.29) is 6.04 Å². The normalized spacial score (nSPS) is 22.2. The summed E-state index contributed by atoms with van der Waals surface area (Å²) >= 11 is 0. The fourth-order valence-corrected chi connectivity index (χ4v) is 2.72. The molecular formula is C14H19N3O. The molecule has 3 rings (SSSR count). The van der Waals surface area contributed by atoms with Gasteiger partial charge in [0.05, 0.1) is 23.5 Å². The summed E-state index contributed by atoms with van der Waals surface area (Å²) in [6.07, 6.45) is 4.82. The number of rotatable bonds is 2. The Balaban J connectivity index is 1.88. The number of fused-ring (bicyclic) bond motifs is 1. The number of hydrogen-bond donors (Lipinski definition) is 2. The first-order valence-corrected chi connectivity index (χ1v) is 6.58. The number of aryl methyl sites for hydroxylation is 1. The lowest BCUT2D eigenvalue weighted by Gasteiger charge is -2.28. The second kappa shape index (κ2) is 4.71. The molecule has 0 amide bonds. The van der Waals surface area contributed by atoms with Gasteiger partial charge in [-0.2, -0.15) is 0 Å². The Kier molecular flexibility index (Phi) is 3.06. The minimum absolute atomic E-state index is 0.180. The van der Waals surface area contributed by atoms with Crippen molar-refractivity contribution >= 4 is 11.0 Å². The molecule has 1 fully saturated rings. The van der Waals surface area contributed by atoms with Gasteiger partial charge in [-0.25, -0.2) is 4.98 Å². The molecule has 0 aliphatic carbocycles. The molecule has 4 nitrogen and oxygen atoms in total. The van der Waals surface area contributed by atoms with Crippen LogP contribution in [0.15, 0.2) is 24.5 Å². The smallest absolute Gasteiger partial charge is 0.0955 e. The fourth-order valence-electron chi connectivity index (χ4n) is 2.72. The van der Waals surface area contributed by atoms with Crippen molar-refractivity contribution in [3.05, 3.63) is 30.1 Å². The molecule has 2 heterocycles. The van der Waals surface area contributed by atoms with Gasteiger partial charge in [-0.1, -0.05) is 12.5 Å². The first-order valence-electron chi connectivity index (χ1n) is 6.58. The molecule has 1 aliphatic rings. The second-order valence-electron chi connectivity index (χ2n) is 5.10. The molecule has 2 N–H and O–H groups in total. The van der Waals surface area contributed by atoms with E-state index in [0.717, 1.165) is 29.6 Å². The highest BCUT2D eigenvalue weighted by atomic mass is 16.3. The molecule has 0 saturated carbocycles. The third-order valence-corrected chi connectivity index (χ3v) is 3.82. The number of aliphatic hydroxyl groups excluding tert-OH is 1. The molecule has 18 heavy (non-hydrogen) atoms. The molecule has 96 valence electrons. The first kappa shape index (κ1) is 11.7. The lowest BCUT2D eigenvalue weighted by atomic mass is 9.95. The van der Waals surface area contributed by atoms with Crippen LogP contribution in [0, 0.1) is 0 Å². The standard InChI is InChI=1S/C14H19N3O/c1-17-9-16-12-8-10(5-6-13(12)17)14(18)11-4-2-3-7-15-11/h5-6,8-9,11,14-15,18H,2-4,7H2,1H3. The lowest BCUT2D eigenvalue weighted by molar-refractivity contribution is 0.114. The van der Waals surface area contributed by atoms with E-state index in [1.54, 1.807) is 6.33 Å². The molecule has 1 aromatic carbocycles. The van der Waals surface area contributed by atoms with Gasteiger partial charge >= 0.3 is 0 Å². The highest BCUT2D eigenvalue weighted by molar-refractivity contribution is 5.76. The number of benzene rings is 1. The SMILES string of the molecule is Cn1cnc2cc(C(O)C3CCCCN3)ccc21. The van der Waals surface area contributed by atoms with Gasteiger partial charge in [-0.05, 0) is 37.1 Å². The van der Waals surface area contributed by atoms with Crippen molar-refractivity contribution in [3.63, 3.8) is 0 Å². The van der Waals surface area contributed by atoms with Gasteiger partial charge in [0.15, 0.2) is 0 Å². The topological polar surface area (TPSA) is 50.1 Å². The first-order chi connectivity index (χ1) is 8.75. The summed E-state index contributed by atoms with van der Waals surface area (Å²) in [7, 11) is 1.98. The van der Waals surface area contributed by atoms with Crippen molar-refractivity contribution in [2.24, 2.45) is 7.05 Å². The number of aromatic nitrogens is 2. The van der Waals surface area contributed by atoms with Crippen LogP contribution < -0.4 is 5.32 Å². The maximum atomic E-state index is 10.4. The van der Waals surface area contributed by atoms with Crippen LogP contribution in [0.1, 0.15) is 30.9 Å². The summed E-state index contributed by atoms with van der Waals surface area (Å²) in [5.41, 5.74) is 3.01. The summed E-state index contributed by atoms with van der Waals surface area (Å²) < 4.78 is 1.99. The average molecular weight is 245 g/mol. The number of piperidine rings is 1. The van der Waals surface area contributed by atoms with Crippen molar-refractivity contribution in [1.82, 2.24) is 14.9 Å². The van der Waals surface area contributed by atoms with Gasteiger partial charge in [0.2, 0.25) is 0 Å². The van der Waals surface area contributed by atoms with Crippen LogP contribution in [-0.2, 0) is 7.05 Å². The number of imidazole rings is 1. The predicted octanol–water partition coefficient (Wildman–Crippen LogP) is 1.75. The molecule has 0 radical (unpaired) electrons. The third kappa shape index (κ3) is 2.02. The molecule has 1 aliphatic heterocycles. The van der Waals surface area contributed by atoms with Crippen LogP contribution in [0.4, 0.5) is 0 Å². The Morgan fingerprint density at radius 3 is 3.11 bits per heavy atom. The number of hydrogen-bond acceptors (Lipinski definition) is 3. The van der Waals surface area contributed by atoms with E-state index in [4.69, 9.17) is 0 Å². The van der Waals surface area contributed by atoms with Crippen LogP contribution in [0.25, 0.3) is 11.0 Å². The number of nitrogens with zero attached hydrogens (tertiary/aromatic N) is 2. The van der Waals surface area contributed by atoms with E-state index in [0.29, 0.717) is 0 Å². The molecule has 1 saturated heterocycles. The van der Waals surface area contributed by atoms with Gasteiger partial charge in [0.25, 0.3) is 0 Å². The summed E-state index contributed by atoms with van der Waals surface area (Å²) in [6.45, 7) is 1.01. The Hall–Kier alpha value is -1.39. The Morgan fingerprint density at radius 2 is 2.33 bits per heavy atom. The van der Waals surface area contributed by atoms with Crippen molar-refractivity contribution in [2.75, 3.05) is 6.54 Å². The maximum absolute atomic E-state index is 10.4. The Bertz CT molecular complexity index is 543. The van der Waals surface area contributed by atoms with E-state index >= 15 is 0 Å². The molecule has 2 aromatic rings. The lowest BCUT2D eigenvalue weighted by Crippen LogP contribution is -2.38. The molecule has 4 heteroatoms. The van der Waals surface area contributed by atoms with Gasteiger partial charge in [-0.15, -0.1) is 0 Å². The Morgan fingerprint density at radius 1 is 1.44 bits per heavy atom. The van der Waals surface area contributed by atoms with Crippen molar-refractivity contribution in [2.45, 2.75) is 31.4 Å². The largest absolute Gasteiger partial charge is 0.387 e. The van der Waals surface area contributed by atoms with Crippen molar-refractivity contribution in [1.29, 1.82) is 0 Å². The van der Waals surface area contributed by atoms with E-state index in [1.165, 1.54) is 12.8 Å². The maximum Gasteiger partial charge on any atom is 0.0955 e. The van der Waals surface area contributed by atoms with Gasteiger partial charge < -0.3 is 15.0 Å². The van der Waals surface area contributed by atoms with Gasteiger partial charge in [0, 0.05) is 13.1 Å². The van der Waals surface area contributed by atoms with E-state index < -0.39 is 6.10 Å². The third-order valence-electron chi connectivity index (χ3n) is 3.82. The average Bonchev–Trinajstić information content (AvgIpc) is 2.80. The molecule has 0 spiro atoms. The zero-order chi connectivity index (χ0) is 12.5. The quantitative estimate of drug-likeness (QED) is 0.847. The van der Waals surface area contributed by atoms with Crippen LogP contribution >= 0.6 is 0 Å². The van der Waals surface area contributed by atoms with Crippen LogP contribution in [0.5, 0.6) is 0 Å². The predicted molar refractivity (Wildman–Crippen MR) is 71.3 cm³/mol. The molecule has 2 unspecified atom stereocenters. The fraction of sp³-hybridized carbons (Fsp3) is 0.500. The minimum Gasteiger partial charge on any atom is -0.387 e. The number of aliphatic hydroxyl groups is 1. The van der Waals surface area contributed by atoms with E-state index in [9.17, 15) is 5.11 Å². The monoisotopic (exact) mass is 245 g/mol. The highest BCUT2D eigenvalue weighted by Gasteiger charge is 2.22. The zero-order valence-corrected chi connectivity index (χ0v) is 10.6. The summed E-state index contributed by atoms with van der Waals surface area (Å²) in [5, 5.41) is 13.8. The second-order valence-corrected chi connectivity index (χ2v) is 5.10. The minimum atomic E-state index is -0.434. The molecular weight excluding hydrogens is 226 g/mol.